The third-order valence-electron chi connectivity index (χ3n) is 8.21. The molecule has 0 spiro atoms. The fraction of sp³-hybridized carbons (Fsp3) is 0.0238. The van der Waals surface area contributed by atoms with E-state index in [9.17, 15) is 9.59 Å². The third-order valence-corrected chi connectivity index (χ3v) is 8.21. The van der Waals surface area contributed by atoms with Crippen molar-refractivity contribution in [2.24, 2.45) is 4.99 Å². The van der Waals surface area contributed by atoms with Gasteiger partial charge in [-0.3, -0.25) is 34.5 Å². The van der Waals surface area contributed by atoms with Crippen molar-refractivity contribution in [1.29, 1.82) is 0 Å². The third kappa shape index (κ3) is 7.24. The minimum Gasteiger partial charge on any atom is -0.332 e. The van der Waals surface area contributed by atoms with Crippen LogP contribution < -0.4 is 4.57 Å². The molecule has 257 valence electrons. The van der Waals surface area contributed by atoms with Crippen molar-refractivity contribution < 1.29 is 33.6 Å². The van der Waals surface area contributed by atoms with E-state index in [1.54, 1.807) is 67.4 Å². The van der Waals surface area contributed by atoms with Crippen LogP contribution in [0.1, 0.15) is 44.7 Å². The van der Waals surface area contributed by atoms with E-state index in [0.717, 1.165) is 27.9 Å². The summed E-state index contributed by atoms with van der Waals surface area (Å²) in [6.45, 7) is 5.61. The number of hydrogen-bond acceptors (Lipinski definition) is 9. The number of aliphatic imine (C=N–C) groups is 1. The van der Waals surface area contributed by atoms with E-state index in [1.807, 2.05) is 84.4 Å². The van der Waals surface area contributed by atoms with Gasteiger partial charge in [0.05, 0.1) is 45.3 Å². The zero-order valence-electron chi connectivity index (χ0n) is 28.4. The molecule has 0 aliphatic heterocycles. The Morgan fingerprint density at radius 1 is 0.642 bits per heavy atom. The van der Waals surface area contributed by atoms with Crippen molar-refractivity contribution in [3.05, 3.63) is 176 Å². The van der Waals surface area contributed by atoms with Crippen LogP contribution in [0.25, 0.3) is 49.9 Å². The Labute approximate surface area is 317 Å². The zero-order valence-corrected chi connectivity index (χ0v) is 30.2. The number of ketones is 2. The molecule has 0 saturated carbocycles. The van der Waals surface area contributed by atoms with Gasteiger partial charge < -0.3 is 4.57 Å². The number of nitrogens with zero attached hydrogens (tertiary/aromatic N) is 8. The molecule has 1 aliphatic rings. The predicted octanol–water partition coefficient (Wildman–Crippen LogP) is 7.32. The summed E-state index contributed by atoms with van der Waals surface area (Å²) < 4.78 is 1.81. The van der Waals surface area contributed by atoms with Crippen LogP contribution in [0.5, 0.6) is 0 Å². The molecule has 0 amide bonds. The maximum atomic E-state index is 13.0. The van der Waals surface area contributed by atoms with Crippen LogP contribution in [0.15, 0.2) is 146 Å². The van der Waals surface area contributed by atoms with Crippen molar-refractivity contribution in [1.82, 2.24) is 29.9 Å². The Balaban J connectivity index is 0.000000160. The van der Waals surface area contributed by atoms with Crippen LogP contribution in [0.2, 0.25) is 0 Å². The molecule has 9 rings (SSSR count). The molecule has 10 nitrogen and oxygen atoms in total. The maximum absolute atomic E-state index is 13.0. The standard InChI is InChI=1S/C22H10N4O2.C11H10N2.C9H10N2.Ru/c27-21-11-5-1-2-6-12(11)22(28)20-19(21)25-17-13-7-3-9-23-15(13)16-14(18(17)26-20)8-4-10-24-16;1-13-9-5-3-7-11(13)10-6-2-4-8-12-10;1-3-10-8(2)9-6-4-5-7-11-9;/h1-10H;2-9H,1H2;3-7H,2H2,1H3;/q;;;+1. The Bertz CT molecular complexity index is 2550. The number of benzene rings is 2. The van der Waals surface area contributed by atoms with E-state index in [2.05, 4.69) is 48.5 Å². The number of carbonyl (C=O) groups excluding carboxylic acids is 2. The summed E-state index contributed by atoms with van der Waals surface area (Å²) in [5.41, 5.74) is 6.85. The van der Waals surface area contributed by atoms with E-state index < -0.39 is 0 Å². The van der Waals surface area contributed by atoms with Crippen LogP contribution in [-0.4, -0.2) is 47.7 Å². The van der Waals surface area contributed by atoms with E-state index in [1.165, 1.54) is 0 Å². The topological polar surface area (TPSA) is 128 Å². The van der Waals surface area contributed by atoms with Crippen LogP contribution in [-0.2, 0) is 19.5 Å². The normalized spacial score (nSPS) is 11.5. The Morgan fingerprint density at radius 2 is 1.17 bits per heavy atom. The molecular weight excluding hydrogens is 750 g/mol. The summed E-state index contributed by atoms with van der Waals surface area (Å²) in [6, 6.07) is 31.6. The monoisotopic (exact) mass is 780 g/mol. The number of aromatic nitrogens is 7. The molecule has 2 aromatic carbocycles. The van der Waals surface area contributed by atoms with E-state index >= 15 is 0 Å². The predicted molar refractivity (Wildman–Crippen MR) is 202 cm³/mol. The molecule has 0 atom stereocenters. The summed E-state index contributed by atoms with van der Waals surface area (Å²) in [6.07, 6.45) is 10.5. The van der Waals surface area contributed by atoms with Gasteiger partial charge in [-0.2, -0.15) is 0 Å². The maximum Gasteiger partial charge on any atom is 1.00 e. The number of hydrogen-bond donors (Lipinski definition) is 0. The molecule has 6 aromatic heterocycles. The second-order valence-electron chi connectivity index (χ2n) is 11.4. The quantitative estimate of drug-likeness (QED) is 0.0601. The molecule has 1 radical (unpaired) electrons. The number of rotatable bonds is 3. The summed E-state index contributed by atoms with van der Waals surface area (Å²) in [7, 11) is 3.87. The van der Waals surface area contributed by atoms with Crippen LogP contribution >= 0.6 is 0 Å². The first-order valence-electron chi connectivity index (χ1n) is 16.3. The van der Waals surface area contributed by atoms with Crippen molar-refractivity contribution in [2.45, 2.75) is 6.92 Å². The van der Waals surface area contributed by atoms with Gasteiger partial charge in [0, 0.05) is 59.9 Å². The van der Waals surface area contributed by atoms with E-state index in [0.29, 0.717) is 38.9 Å². The molecule has 0 unspecified atom stereocenters. The van der Waals surface area contributed by atoms with Gasteiger partial charge >= 0.3 is 19.5 Å². The van der Waals surface area contributed by atoms with E-state index in [4.69, 9.17) is 0 Å². The smallest absolute Gasteiger partial charge is 0.332 e. The first-order valence-corrected chi connectivity index (χ1v) is 16.3. The van der Waals surface area contributed by atoms with Gasteiger partial charge in [-0.1, -0.05) is 55.1 Å². The minimum atomic E-state index is -0.289. The minimum absolute atomic E-state index is 0. The Morgan fingerprint density at radius 3 is 1.68 bits per heavy atom. The average Bonchev–Trinajstić information content (AvgIpc) is 3.21. The SMILES string of the molecule is C=C(N=CC)c1ccccn1.O=C1c2ccccc2C(=O)c2nc3c4cccnc4c4ncccc4c3nc21.[CH2-][n+]1ccccc1-c1ccccn1.[Ru+]. The fourth-order valence-corrected chi connectivity index (χ4v) is 5.81. The van der Waals surface area contributed by atoms with Crippen LogP contribution in [0.3, 0.4) is 0 Å². The molecule has 0 N–H and O–H groups in total. The van der Waals surface area contributed by atoms with Crippen molar-refractivity contribution in [3.63, 3.8) is 0 Å². The van der Waals surface area contributed by atoms with Crippen LogP contribution in [0, 0.1) is 7.05 Å². The largest absolute Gasteiger partial charge is 1.00 e. The molecule has 53 heavy (non-hydrogen) atoms. The van der Waals surface area contributed by atoms with Gasteiger partial charge in [0.2, 0.25) is 11.6 Å². The summed E-state index contributed by atoms with van der Waals surface area (Å²) in [5.74, 6) is -0.578. The average molecular weight is 780 g/mol. The second kappa shape index (κ2) is 16.1. The number of pyridine rings is 5. The van der Waals surface area contributed by atoms with Gasteiger partial charge in [-0.15, -0.1) is 0 Å². The van der Waals surface area contributed by atoms with Gasteiger partial charge in [0.25, 0.3) is 0 Å². The van der Waals surface area contributed by atoms with E-state index in [-0.39, 0.29) is 42.4 Å². The van der Waals surface area contributed by atoms with Gasteiger partial charge in [-0.25, -0.2) is 9.97 Å². The van der Waals surface area contributed by atoms with Gasteiger partial charge in [0.15, 0.2) is 0 Å². The molecule has 0 bridgehead atoms. The van der Waals surface area contributed by atoms with Crippen molar-refractivity contribution >= 4 is 56.3 Å². The Hall–Kier alpha value is -6.71. The molecule has 6 heterocycles. The number of fused-ring (bicyclic) bond motifs is 8. The zero-order chi connectivity index (χ0) is 36.0. The molecule has 0 fully saturated rings. The van der Waals surface area contributed by atoms with Gasteiger partial charge in [-0.05, 0) is 61.5 Å². The van der Waals surface area contributed by atoms with Crippen LogP contribution in [0.4, 0.5) is 0 Å². The molecule has 11 heteroatoms. The summed E-state index contributed by atoms with van der Waals surface area (Å²) >= 11 is 0. The first kappa shape index (κ1) is 36.1. The Kier molecular flexibility index (Phi) is 11.0. The van der Waals surface area contributed by atoms with Crippen molar-refractivity contribution in [3.8, 4) is 11.4 Å². The first-order chi connectivity index (χ1) is 25.5. The molecule has 8 aromatic rings. The summed E-state index contributed by atoms with van der Waals surface area (Å²) in [4.78, 5) is 56.5. The summed E-state index contributed by atoms with van der Waals surface area (Å²) in [5, 5.41) is 1.50. The molecule has 0 saturated heterocycles. The molecule has 1 aliphatic carbocycles. The number of carbonyl (C=O) groups is 2. The second-order valence-corrected chi connectivity index (χ2v) is 11.4. The fourth-order valence-electron chi connectivity index (χ4n) is 5.81. The van der Waals surface area contributed by atoms with Crippen molar-refractivity contribution in [2.75, 3.05) is 0 Å². The van der Waals surface area contributed by atoms with Gasteiger partial charge in [0.1, 0.15) is 17.1 Å². The molecular formula is C42H30N8O2Ru+.